The van der Waals surface area contributed by atoms with Crippen LogP contribution in [0.25, 0.3) is 22.6 Å². The monoisotopic (exact) mass is 558 g/mol. The molecule has 0 amide bonds. The van der Waals surface area contributed by atoms with Gasteiger partial charge in [0.1, 0.15) is 29.3 Å². The highest BCUT2D eigenvalue weighted by molar-refractivity contribution is 6.33. The van der Waals surface area contributed by atoms with E-state index in [0.29, 0.717) is 56.2 Å². The zero-order valence-electron chi connectivity index (χ0n) is 20.7. The SMILES string of the molecule is C[C@@H](CCOc1ccc(-c2nc3c(OC4(C)CC4)ncnc3n2Cc2cc(Cl)ccc2F)c(Cl)c1)C(=O)O. The summed E-state index contributed by atoms with van der Waals surface area (Å²) in [5.41, 5.74) is 1.54. The molecule has 4 aromatic rings. The van der Waals surface area contributed by atoms with E-state index in [4.69, 9.17) is 42.8 Å². The van der Waals surface area contributed by atoms with E-state index in [1.807, 2.05) is 6.92 Å². The summed E-state index contributed by atoms with van der Waals surface area (Å²) in [5, 5.41) is 9.82. The average molecular weight is 559 g/mol. The molecule has 1 N–H and O–H groups in total. The van der Waals surface area contributed by atoms with Gasteiger partial charge in [-0.05, 0) is 62.6 Å². The second-order valence-electron chi connectivity index (χ2n) is 9.68. The van der Waals surface area contributed by atoms with Crippen LogP contribution in [0.3, 0.4) is 0 Å². The summed E-state index contributed by atoms with van der Waals surface area (Å²) in [5.74, 6) is -0.521. The van der Waals surface area contributed by atoms with Gasteiger partial charge >= 0.3 is 5.97 Å². The van der Waals surface area contributed by atoms with Crippen molar-refractivity contribution in [2.45, 2.75) is 45.3 Å². The van der Waals surface area contributed by atoms with E-state index in [-0.39, 0.29) is 18.8 Å². The van der Waals surface area contributed by atoms with Crippen LogP contribution in [0.15, 0.2) is 42.7 Å². The molecule has 2 heterocycles. The number of benzene rings is 2. The molecule has 1 aliphatic rings. The van der Waals surface area contributed by atoms with Gasteiger partial charge in [0.25, 0.3) is 0 Å². The number of carboxylic acids is 1. The highest BCUT2D eigenvalue weighted by atomic mass is 35.5. The number of hydrogen-bond donors (Lipinski definition) is 1. The molecule has 0 saturated heterocycles. The third-order valence-corrected chi connectivity index (χ3v) is 7.10. The fourth-order valence-electron chi connectivity index (χ4n) is 3.94. The Morgan fingerprint density at radius 1 is 1.21 bits per heavy atom. The zero-order valence-corrected chi connectivity index (χ0v) is 22.3. The number of halogens is 3. The first-order valence-corrected chi connectivity index (χ1v) is 12.9. The fourth-order valence-corrected chi connectivity index (χ4v) is 4.39. The molecule has 2 aromatic heterocycles. The summed E-state index contributed by atoms with van der Waals surface area (Å²) in [7, 11) is 0. The first-order chi connectivity index (χ1) is 18.1. The van der Waals surface area contributed by atoms with E-state index >= 15 is 0 Å². The Hall–Kier alpha value is -3.43. The third-order valence-electron chi connectivity index (χ3n) is 6.55. The summed E-state index contributed by atoms with van der Waals surface area (Å²) in [6.07, 6.45) is 3.59. The Balaban J connectivity index is 1.54. The summed E-state index contributed by atoms with van der Waals surface area (Å²) in [4.78, 5) is 24.6. The third kappa shape index (κ3) is 5.54. The number of fused-ring (bicyclic) bond motifs is 1. The summed E-state index contributed by atoms with van der Waals surface area (Å²) >= 11 is 12.8. The van der Waals surface area contributed by atoms with Gasteiger partial charge in [0.2, 0.25) is 5.88 Å². The molecule has 0 spiro atoms. The van der Waals surface area contributed by atoms with Gasteiger partial charge < -0.3 is 19.1 Å². The van der Waals surface area contributed by atoms with Crippen molar-refractivity contribution in [3.8, 4) is 23.0 Å². The number of aromatic nitrogens is 4. The zero-order chi connectivity index (χ0) is 27.0. The van der Waals surface area contributed by atoms with Gasteiger partial charge in [0.15, 0.2) is 11.2 Å². The second-order valence-corrected chi connectivity index (χ2v) is 10.5. The molecule has 8 nitrogen and oxygen atoms in total. The largest absolute Gasteiger partial charge is 0.494 e. The van der Waals surface area contributed by atoms with Crippen LogP contribution < -0.4 is 9.47 Å². The van der Waals surface area contributed by atoms with E-state index in [1.54, 1.807) is 35.8 Å². The van der Waals surface area contributed by atoms with Crippen molar-refractivity contribution in [2.24, 2.45) is 5.92 Å². The first kappa shape index (κ1) is 26.2. The van der Waals surface area contributed by atoms with Crippen LogP contribution in [0.2, 0.25) is 10.0 Å². The van der Waals surface area contributed by atoms with Crippen LogP contribution in [-0.2, 0) is 11.3 Å². The van der Waals surface area contributed by atoms with Crippen LogP contribution in [0.5, 0.6) is 11.6 Å². The van der Waals surface area contributed by atoms with E-state index in [2.05, 4.69) is 9.97 Å². The Bertz CT molecular complexity index is 1520. The predicted octanol–water partition coefficient (Wildman–Crippen LogP) is 6.41. The van der Waals surface area contributed by atoms with Crippen LogP contribution in [0.1, 0.15) is 38.7 Å². The minimum atomic E-state index is -0.876. The number of nitrogens with zero attached hydrogens (tertiary/aromatic N) is 4. The molecule has 0 aliphatic heterocycles. The standard InChI is InChI=1S/C27H25Cl2FN4O4/c1-15(26(35)36)7-10-37-18-4-5-19(20(29)12-18)23-33-22-24(31-14-32-25(22)38-27(2)8-9-27)34(23)13-16-11-17(28)3-6-21(16)30/h3-6,11-12,14-15H,7-10,13H2,1-2H3,(H,35,36)/t15-/m0/s1. The van der Waals surface area contributed by atoms with Crippen molar-refractivity contribution in [2.75, 3.05) is 6.61 Å². The number of aliphatic carboxylic acids is 1. The van der Waals surface area contributed by atoms with Crippen molar-refractivity contribution < 1.29 is 23.8 Å². The lowest BCUT2D eigenvalue weighted by molar-refractivity contribution is -0.141. The van der Waals surface area contributed by atoms with Crippen molar-refractivity contribution in [1.82, 2.24) is 19.5 Å². The number of ether oxygens (including phenoxy) is 2. The average Bonchev–Trinajstić information content (AvgIpc) is 3.49. The topological polar surface area (TPSA) is 99.4 Å². The molecule has 1 saturated carbocycles. The van der Waals surface area contributed by atoms with E-state index in [1.165, 1.54) is 18.5 Å². The summed E-state index contributed by atoms with van der Waals surface area (Å²) in [6, 6.07) is 9.49. The van der Waals surface area contributed by atoms with Gasteiger partial charge in [-0.25, -0.2) is 14.4 Å². The molecule has 198 valence electrons. The quantitative estimate of drug-likeness (QED) is 0.240. The van der Waals surface area contributed by atoms with E-state index in [0.717, 1.165) is 12.8 Å². The molecular weight excluding hydrogens is 534 g/mol. The van der Waals surface area contributed by atoms with Gasteiger partial charge in [0.05, 0.1) is 24.1 Å². The number of rotatable bonds is 10. The summed E-state index contributed by atoms with van der Waals surface area (Å²) in [6.45, 7) is 3.95. The van der Waals surface area contributed by atoms with Crippen LogP contribution in [0.4, 0.5) is 4.39 Å². The smallest absolute Gasteiger partial charge is 0.306 e. The van der Waals surface area contributed by atoms with E-state index in [9.17, 15) is 9.18 Å². The number of imidazole rings is 1. The number of hydrogen-bond acceptors (Lipinski definition) is 6. The molecular formula is C27H25Cl2FN4O4. The van der Waals surface area contributed by atoms with Gasteiger partial charge in [-0.1, -0.05) is 30.1 Å². The minimum absolute atomic E-state index is 0.0909. The van der Waals surface area contributed by atoms with Crippen LogP contribution in [-0.4, -0.2) is 42.8 Å². The van der Waals surface area contributed by atoms with Crippen molar-refractivity contribution >= 4 is 40.3 Å². The molecule has 1 fully saturated rings. The Morgan fingerprint density at radius 2 is 2.00 bits per heavy atom. The van der Waals surface area contributed by atoms with Gasteiger partial charge in [-0.2, -0.15) is 4.98 Å². The molecule has 11 heteroatoms. The number of carbonyl (C=O) groups is 1. The summed E-state index contributed by atoms with van der Waals surface area (Å²) < 4.78 is 28.3. The predicted molar refractivity (Wildman–Crippen MR) is 141 cm³/mol. The highest BCUT2D eigenvalue weighted by Gasteiger charge is 2.41. The van der Waals surface area contributed by atoms with Gasteiger partial charge in [-0.3, -0.25) is 4.79 Å². The second kappa shape index (κ2) is 10.4. The molecule has 0 bridgehead atoms. The maximum atomic E-state index is 14.7. The normalized spacial score (nSPS) is 14.9. The molecule has 38 heavy (non-hydrogen) atoms. The molecule has 1 atom stereocenters. The fraction of sp³-hybridized carbons (Fsp3) is 0.333. The van der Waals surface area contributed by atoms with E-state index < -0.39 is 17.7 Å². The van der Waals surface area contributed by atoms with Gasteiger partial charge in [-0.15, -0.1) is 0 Å². The maximum absolute atomic E-state index is 14.7. The lowest BCUT2D eigenvalue weighted by Gasteiger charge is -2.13. The van der Waals surface area contributed by atoms with Crippen LogP contribution >= 0.6 is 23.2 Å². The van der Waals surface area contributed by atoms with Gasteiger partial charge in [0, 0.05) is 16.1 Å². The molecule has 2 aromatic carbocycles. The van der Waals surface area contributed by atoms with Crippen molar-refractivity contribution in [3.63, 3.8) is 0 Å². The number of carboxylic acid groups (broad SMARTS) is 1. The van der Waals surface area contributed by atoms with Crippen LogP contribution in [0, 0.1) is 11.7 Å². The van der Waals surface area contributed by atoms with Crippen molar-refractivity contribution in [3.05, 3.63) is 64.2 Å². The lowest BCUT2D eigenvalue weighted by Crippen LogP contribution is -2.13. The molecule has 0 radical (unpaired) electrons. The minimum Gasteiger partial charge on any atom is -0.494 e. The highest BCUT2D eigenvalue weighted by Crippen LogP contribution is 2.41. The van der Waals surface area contributed by atoms with Crippen molar-refractivity contribution in [1.29, 1.82) is 0 Å². The Labute approximate surface area is 228 Å². The molecule has 1 aliphatic carbocycles. The Kier molecular flexibility index (Phi) is 7.15. The first-order valence-electron chi connectivity index (χ1n) is 12.1. The Morgan fingerprint density at radius 3 is 2.71 bits per heavy atom. The lowest BCUT2D eigenvalue weighted by atomic mass is 10.1. The molecule has 5 rings (SSSR count). The maximum Gasteiger partial charge on any atom is 0.306 e. The molecule has 0 unspecified atom stereocenters.